The zero-order valence-electron chi connectivity index (χ0n) is 27.5. The van der Waals surface area contributed by atoms with E-state index in [1.165, 1.54) is 25.1 Å². The van der Waals surface area contributed by atoms with Crippen molar-refractivity contribution in [1.29, 1.82) is 0 Å². The molecule has 1 spiro atoms. The van der Waals surface area contributed by atoms with Crippen molar-refractivity contribution in [2.45, 2.75) is 44.3 Å². The molecule has 54 heavy (non-hydrogen) atoms. The number of hydrogen-bond donors (Lipinski definition) is 4. The molecule has 2 aromatic heterocycles. The number of carbonyl (C=O) groups is 4. The van der Waals surface area contributed by atoms with E-state index < -0.39 is 48.6 Å². The van der Waals surface area contributed by atoms with Crippen LogP contribution in [-0.2, 0) is 37.1 Å². The average Bonchev–Trinajstić information content (AvgIpc) is 3.58. The fraction of sp³-hybridized carbons (Fsp3) is 0.517. The lowest BCUT2D eigenvalue weighted by Gasteiger charge is -2.30. The van der Waals surface area contributed by atoms with Gasteiger partial charge in [-0.25, -0.2) is 19.2 Å². The molecule has 0 aromatic carbocycles. The molecule has 0 unspecified atom stereocenters. The van der Waals surface area contributed by atoms with Gasteiger partial charge in [-0.1, -0.05) is 12.1 Å². The minimum absolute atomic E-state index is 0.362. The molecule has 4 N–H and O–H groups in total. The van der Waals surface area contributed by atoms with Gasteiger partial charge in [0.05, 0.1) is 18.9 Å². The van der Waals surface area contributed by atoms with Crippen LogP contribution in [-0.4, -0.2) is 129 Å². The van der Waals surface area contributed by atoms with E-state index in [4.69, 9.17) is 44.3 Å². The van der Waals surface area contributed by atoms with E-state index in [0.717, 1.165) is 31.9 Å². The van der Waals surface area contributed by atoms with Crippen LogP contribution >= 0.6 is 0 Å². The predicted molar refractivity (Wildman–Crippen MR) is 156 cm³/mol. The highest BCUT2D eigenvalue weighted by Crippen LogP contribution is 2.44. The highest BCUT2D eigenvalue weighted by atomic mass is 19.4. The van der Waals surface area contributed by atoms with E-state index in [-0.39, 0.29) is 0 Å². The summed E-state index contributed by atoms with van der Waals surface area (Å²) in [5, 5.41) is 28.5. The maximum Gasteiger partial charge on any atom is 0.490 e. The molecular weight excluding hydrogens is 776 g/mol. The van der Waals surface area contributed by atoms with E-state index in [1.54, 1.807) is 0 Å². The first-order valence-electron chi connectivity index (χ1n) is 14.5. The summed E-state index contributed by atoms with van der Waals surface area (Å²) >= 11 is 0. The SMILES string of the molecule is CN1C[C@H](COCc2ccccn2)[C@]2(CCN(Cc3cccnc3)C2)C1.O=C(O)C(F)(F)F.O=C(O)C(F)(F)F.O=C(O)C(F)(F)F.O=C(O)C(F)(F)F. The van der Waals surface area contributed by atoms with Gasteiger partial charge in [0.15, 0.2) is 0 Å². The summed E-state index contributed by atoms with van der Waals surface area (Å²) in [6.07, 6.45) is -13.4. The van der Waals surface area contributed by atoms with Crippen LogP contribution in [0.4, 0.5) is 52.7 Å². The second-order valence-electron chi connectivity index (χ2n) is 11.1. The lowest BCUT2D eigenvalue weighted by molar-refractivity contribution is -0.193. The molecule has 4 rings (SSSR count). The Morgan fingerprint density at radius 1 is 0.759 bits per heavy atom. The molecule has 4 heterocycles. The number of halogens is 12. The molecule has 0 bridgehead atoms. The monoisotopic (exact) mass is 808 g/mol. The zero-order valence-corrected chi connectivity index (χ0v) is 27.5. The molecule has 2 saturated heterocycles. The van der Waals surface area contributed by atoms with E-state index in [2.05, 4.69) is 32.9 Å². The Balaban J connectivity index is 0.000000820. The summed E-state index contributed by atoms with van der Waals surface area (Å²) in [5.74, 6) is -10.4. The fourth-order valence-electron chi connectivity index (χ4n) is 4.65. The minimum Gasteiger partial charge on any atom is -0.475 e. The summed E-state index contributed by atoms with van der Waals surface area (Å²) in [6, 6.07) is 10.2. The van der Waals surface area contributed by atoms with Crippen molar-refractivity contribution in [3.05, 3.63) is 60.2 Å². The second kappa shape index (κ2) is 21.2. The van der Waals surface area contributed by atoms with Crippen LogP contribution in [0.5, 0.6) is 0 Å². The largest absolute Gasteiger partial charge is 0.490 e. The number of ether oxygens (including phenoxy) is 1. The van der Waals surface area contributed by atoms with Crippen LogP contribution < -0.4 is 0 Å². The smallest absolute Gasteiger partial charge is 0.475 e. The number of rotatable bonds is 6. The third-order valence-electron chi connectivity index (χ3n) is 6.84. The van der Waals surface area contributed by atoms with Crippen molar-refractivity contribution in [1.82, 2.24) is 19.8 Å². The molecule has 2 aliphatic heterocycles. The summed E-state index contributed by atoms with van der Waals surface area (Å²) in [6.45, 7) is 7.05. The van der Waals surface area contributed by atoms with Crippen molar-refractivity contribution >= 4 is 23.9 Å². The minimum atomic E-state index is -5.08. The first-order chi connectivity index (χ1) is 24.5. The van der Waals surface area contributed by atoms with Gasteiger partial charge in [0.25, 0.3) is 0 Å². The first kappa shape index (κ1) is 49.2. The van der Waals surface area contributed by atoms with Gasteiger partial charge in [-0.3, -0.25) is 14.9 Å². The lowest BCUT2D eigenvalue weighted by atomic mass is 9.77. The molecule has 25 heteroatoms. The molecule has 2 atom stereocenters. The highest BCUT2D eigenvalue weighted by molar-refractivity contribution is 5.74. The number of pyridine rings is 2. The number of nitrogens with zero attached hydrogens (tertiary/aromatic N) is 4. The summed E-state index contributed by atoms with van der Waals surface area (Å²) in [5.41, 5.74) is 2.68. The van der Waals surface area contributed by atoms with E-state index in [0.29, 0.717) is 17.9 Å². The lowest BCUT2D eigenvalue weighted by Crippen LogP contribution is -2.36. The predicted octanol–water partition coefficient (Wildman–Crippen LogP) is 4.98. The van der Waals surface area contributed by atoms with Gasteiger partial charge in [0, 0.05) is 56.1 Å². The molecule has 306 valence electrons. The normalized spacial score (nSPS) is 18.7. The van der Waals surface area contributed by atoms with Gasteiger partial charge >= 0.3 is 48.6 Å². The van der Waals surface area contributed by atoms with Gasteiger partial charge in [-0.2, -0.15) is 52.7 Å². The Bertz CT molecular complexity index is 1370. The van der Waals surface area contributed by atoms with Crippen LogP contribution in [0.25, 0.3) is 0 Å². The van der Waals surface area contributed by atoms with Crippen LogP contribution in [0.3, 0.4) is 0 Å². The summed E-state index contributed by atoms with van der Waals surface area (Å²) in [7, 11) is 2.24. The Morgan fingerprint density at radius 2 is 1.24 bits per heavy atom. The molecule has 0 amide bonds. The first-order valence-corrected chi connectivity index (χ1v) is 14.5. The van der Waals surface area contributed by atoms with Gasteiger partial charge < -0.3 is 30.1 Å². The maximum atomic E-state index is 10.6. The molecule has 0 saturated carbocycles. The Hall–Kier alpha value is -4.78. The van der Waals surface area contributed by atoms with Gasteiger partial charge in [0.1, 0.15) is 0 Å². The van der Waals surface area contributed by atoms with E-state index in [1.807, 2.05) is 42.9 Å². The molecule has 0 aliphatic carbocycles. The Labute approximate surface area is 296 Å². The number of aromatic nitrogens is 2. The third-order valence-corrected chi connectivity index (χ3v) is 6.84. The van der Waals surface area contributed by atoms with Crippen LogP contribution in [0, 0.1) is 11.3 Å². The molecule has 13 nitrogen and oxygen atoms in total. The number of alkyl halides is 12. The van der Waals surface area contributed by atoms with Crippen LogP contribution in [0.15, 0.2) is 48.9 Å². The summed E-state index contributed by atoms with van der Waals surface area (Å²) < 4.78 is 133. The molecular formula is C29H32F12N4O9. The molecule has 2 aliphatic rings. The number of carboxylic acid groups (broad SMARTS) is 4. The molecule has 2 fully saturated rings. The van der Waals surface area contributed by atoms with Crippen LogP contribution in [0.1, 0.15) is 17.7 Å². The number of likely N-dealkylation sites (tertiary alicyclic amines) is 2. The number of carboxylic acids is 4. The van der Waals surface area contributed by atoms with Gasteiger partial charge in [-0.05, 0) is 43.8 Å². The average molecular weight is 809 g/mol. The standard InChI is InChI=1S/C21H28N4O.4C2HF3O2/c1-24-13-19(14-26-15-20-6-2-3-9-23-20)21(16-24)7-10-25(17-21)12-18-5-4-8-22-11-18;4*3-2(4,5)1(6)7/h2-6,8-9,11,19H,7,10,12-17H2,1H3;4*(H,6,7)/t19-,21-;;;;/m1..../s1. The molecule has 0 radical (unpaired) electrons. The molecule has 2 aromatic rings. The van der Waals surface area contributed by atoms with Crippen molar-refractivity contribution in [2.24, 2.45) is 11.3 Å². The van der Waals surface area contributed by atoms with Crippen LogP contribution in [0.2, 0.25) is 0 Å². The highest BCUT2D eigenvalue weighted by Gasteiger charge is 2.49. The summed E-state index contributed by atoms with van der Waals surface area (Å²) in [4.78, 5) is 49.3. The van der Waals surface area contributed by atoms with E-state index in [9.17, 15) is 52.7 Å². The fourth-order valence-corrected chi connectivity index (χ4v) is 4.65. The number of aliphatic carboxylic acids is 4. The zero-order chi connectivity index (χ0) is 42.1. The van der Waals surface area contributed by atoms with Crippen molar-refractivity contribution < 1.29 is 97.0 Å². The van der Waals surface area contributed by atoms with Crippen molar-refractivity contribution in [3.63, 3.8) is 0 Å². The van der Waals surface area contributed by atoms with E-state index >= 15 is 0 Å². The van der Waals surface area contributed by atoms with Crippen molar-refractivity contribution in [3.8, 4) is 0 Å². The van der Waals surface area contributed by atoms with Gasteiger partial charge in [-0.15, -0.1) is 0 Å². The Morgan fingerprint density at radius 3 is 1.63 bits per heavy atom. The van der Waals surface area contributed by atoms with Gasteiger partial charge in [0.2, 0.25) is 0 Å². The third kappa shape index (κ3) is 19.9. The maximum absolute atomic E-state index is 10.6. The quantitative estimate of drug-likeness (QED) is 0.286. The Kier molecular flexibility index (Phi) is 19.3. The topological polar surface area (TPSA) is 191 Å². The van der Waals surface area contributed by atoms with Crippen molar-refractivity contribution in [2.75, 3.05) is 39.8 Å². The second-order valence-corrected chi connectivity index (χ2v) is 11.1. The number of hydrogen-bond acceptors (Lipinski definition) is 9.